The van der Waals surface area contributed by atoms with Crippen molar-refractivity contribution in [2.75, 3.05) is 18.4 Å². The van der Waals surface area contributed by atoms with Crippen LogP contribution in [0, 0.1) is 0 Å². The molecule has 1 atom stereocenters. The Kier molecular flexibility index (Phi) is 6.06. The van der Waals surface area contributed by atoms with E-state index in [0.717, 1.165) is 18.8 Å². The summed E-state index contributed by atoms with van der Waals surface area (Å²) in [6, 6.07) is 8.30. The summed E-state index contributed by atoms with van der Waals surface area (Å²) in [4.78, 5) is 28.0. The van der Waals surface area contributed by atoms with Crippen LogP contribution < -0.4 is 16.3 Å². The molecule has 4 N–H and O–H groups in total. The highest BCUT2D eigenvalue weighted by atomic mass is 16.2. The summed E-state index contributed by atoms with van der Waals surface area (Å²) in [6.07, 6.45) is 4.28. The molecule has 1 aliphatic heterocycles. The lowest BCUT2D eigenvalue weighted by Gasteiger charge is -2.33. The number of hydrogen-bond donors (Lipinski definition) is 4. The first-order chi connectivity index (χ1) is 12.6. The number of likely N-dealkylation sites (tertiary alicyclic amines) is 1. The summed E-state index contributed by atoms with van der Waals surface area (Å²) in [7, 11) is 0. The molecule has 0 unspecified atom stereocenters. The van der Waals surface area contributed by atoms with E-state index >= 15 is 0 Å². The van der Waals surface area contributed by atoms with E-state index in [1.807, 2.05) is 18.2 Å². The number of piperidine rings is 1. The lowest BCUT2D eigenvalue weighted by atomic mass is 10.0. The Balaban J connectivity index is 1.48. The van der Waals surface area contributed by atoms with Gasteiger partial charge in [-0.2, -0.15) is 5.10 Å². The van der Waals surface area contributed by atoms with E-state index < -0.39 is 0 Å². The molecule has 26 heavy (non-hydrogen) atoms. The molecule has 1 aliphatic rings. The van der Waals surface area contributed by atoms with Crippen molar-refractivity contribution >= 4 is 11.7 Å². The van der Waals surface area contributed by atoms with E-state index in [4.69, 9.17) is 0 Å². The molecule has 1 aromatic carbocycles. The minimum absolute atomic E-state index is 0.272. The fourth-order valence-electron chi connectivity index (χ4n) is 3.27. The third kappa shape index (κ3) is 5.19. The predicted molar refractivity (Wildman–Crippen MR) is 100 cm³/mol. The topological polar surface area (TPSA) is 106 Å². The molecule has 0 saturated carbocycles. The number of H-pyrrole nitrogens is 2. The Morgan fingerprint density at radius 3 is 3.04 bits per heavy atom. The van der Waals surface area contributed by atoms with Crippen LogP contribution in [0.5, 0.6) is 0 Å². The van der Waals surface area contributed by atoms with Gasteiger partial charge in [-0.3, -0.25) is 9.88 Å². The highest BCUT2D eigenvalue weighted by molar-refractivity contribution is 5.89. The maximum absolute atomic E-state index is 12.0. The third-order valence-electron chi connectivity index (χ3n) is 4.71. The maximum atomic E-state index is 12.0. The van der Waals surface area contributed by atoms with E-state index in [9.17, 15) is 9.59 Å². The zero-order valence-electron chi connectivity index (χ0n) is 15.0. The highest BCUT2D eigenvalue weighted by Crippen LogP contribution is 2.20. The van der Waals surface area contributed by atoms with E-state index in [1.165, 1.54) is 24.8 Å². The van der Waals surface area contributed by atoms with Crippen LogP contribution in [0.1, 0.15) is 37.6 Å². The molecule has 0 spiro atoms. The Bertz CT molecular complexity index is 784. The van der Waals surface area contributed by atoms with Crippen molar-refractivity contribution in [2.45, 2.75) is 45.2 Å². The molecule has 2 heterocycles. The average Bonchev–Trinajstić information content (AvgIpc) is 3.02. The lowest BCUT2D eigenvalue weighted by molar-refractivity contribution is 0.152. The summed E-state index contributed by atoms with van der Waals surface area (Å²) in [5.74, 6) is 0.521. The number of aromatic nitrogens is 3. The van der Waals surface area contributed by atoms with Crippen molar-refractivity contribution in [2.24, 2.45) is 0 Å². The fraction of sp³-hybridized carbons (Fsp3) is 0.500. The van der Waals surface area contributed by atoms with Crippen LogP contribution >= 0.6 is 0 Å². The molecular formula is C18H26N6O2. The first-order valence-electron chi connectivity index (χ1n) is 9.11. The van der Waals surface area contributed by atoms with Crippen LogP contribution in [0.3, 0.4) is 0 Å². The van der Waals surface area contributed by atoms with Gasteiger partial charge in [0, 0.05) is 31.2 Å². The van der Waals surface area contributed by atoms with Gasteiger partial charge in [-0.15, -0.1) is 0 Å². The first-order valence-corrected chi connectivity index (χ1v) is 9.11. The minimum Gasteiger partial charge on any atom is -0.337 e. The van der Waals surface area contributed by atoms with Gasteiger partial charge in [0.05, 0.1) is 0 Å². The van der Waals surface area contributed by atoms with Gasteiger partial charge in [0.25, 0.3) is 0 Å². The van der Waals surface area contributed by atoms with Crippen LogP contribution in [0.2, 0.25) is 0 Å². The van der Waals surface area contributed by atoms with Gasteiger partial charge in [0.1, 0.15) is 5.82 Å². The van der Waals surface area contributed by atoms with Crippen molar-refractivity contribution in [1.29, 1.82) is 0 Å². The summed E-state index contributed by atoms with van der Waals surface area (Å²) >= 11 is 0. The summed E-state index contributed by atoms with van der Waals surface area (Å²) in [5, 5.41) is 11.7. The van der Waals surface area contributed by atoms with E-state index in [2.05, 4.69) is 43.7 Å². The Morgan fingerprint density at radius 1 is 1.38 bits per heavy atom. The second-order valence-electron chi connectivity index (χ2n) is 6.77. The van der Waals surface area contributed by atoms with Crippen LogP contribution in [0.25, 0.3) is 0 Å². The quantitative estimate of drug-likeness (QED) is 0.632. The molecule has 0 bridgehead atoms. The van der Waals surface area contributed by atoms with Crippen molar-refractivity contribution in [3.8, 4) is 0 Å². The van der Waals surface area contributed by atoms with Gasteiger partial charge < -0.3 is 10.6 Å². The summed E-state index contributed by atoms with van der Waals surface area (Å²) < 4.78 is 0. The molecular weight excluding hydrogens is 332 g/mol. The molecule has 8 nitrogen and oxygen atoms in total. The molecule has 1 fully saturated rings. The third-order valence-corrected chi connectivity index (χ3v) is 4.71. The monoisotopic (exact) mass is 358 g/mol. The Morgan fingerprint density at radius 2 is 2.27 bits per heavy atom. The van der Waals surface area contributed by atoms with Crippen LogP contribution in [-0.2, 0) is 13.0 Å². The van der Waals surface area contributed by atoms with Gasteiger partial charge >= 0.3 is 11.7 Å². The number of anilines is 1. The van der Waals surface area contributed by atoms with Gasteiger partial charge in [-0.1, -0.05) is 18.6 Å². The number of nitrogens with zero attached hydrogens (tertiary/aromatic N) is 2. The zero-order valence-corrected chi connectivity index (χ0v) is 15.0. The Hall–Kier alpha value is -2.61. The van der Waals surface area contributed by atoms with E-state index in [0.29, 0.717) is 24.8 Å². The van der Waals surface area contributed by atoms with Crippen LogP contribution in [-0.4, -0.2) is 45.2 Å². The molecule has 0 radical (unpaired) electrons. The number of amides is 2. The predicted octanol–water partition coefficient (Wildman–Crippen LogP) is 1.84. The van der Waals surface area contributed by atoms with Crippen LogP contribution in [0.15, 0.2) is 29.1 Å². The summed E-state index contributed by atoms with van der Waals surface area (Å²) in [5.41, 5.74) is 1.63. The lowest BCUT2D eigenvalue weighted by Crippen LogP contribution is -2.36. The smallest absolute Gasteiger partial charge is 0.337 e. The molecule has 2 amide bonds. The van der Waals surface area contributed by atoms with Crippen LogP contribution in [0.4, 0.5) is 10.5 Å². The van der Waals surface area contributed by atoms with Gasteiger partial charge in [-0.05, 0) is 44.0 Å². The number of carbonyl (C=O) groups is 1. The number of nitrogens with one attached hydrogen (secondary N) is 4. The first kappa shape index (κ1) is 18.2. The number of urea groups is 1. The highest BCUT2D eigenvalue weighted by Gasteiger charge is 2.18. The largest absolute Gasteiger partial charge is 0.340 e. The SMILES string of the molecule is C[C@H]1CCCCN1Cc1cccc(NC(=O)NCCc2n[nH]c(=O)[nH]2)c1. The van der Waals surface area contributed by atoms with Crippen molar-refractivity contribution in [1.82, 2.24) is 25.4 Å². The molecule has 3 rings (SSSR count). The molecule has 0 aliphatic carbocycles. The van der Waals surface area contributed by atoms with Gasteiger partial charge in [-0.25, -0.2) is 14.7 Å². The fourth-order valence-corrected chi connectivity index (χ4v) is 3.27. The standard InChI is InChI=1S/C18H26N6O2/c1-13-5-2-3-10-24(13)12-14-6-4-7-15(11-14)20-17(25)19-9-8-16-21-18(26)23-22-16/h4,6-7,11,13H,2-3,5,8-10,12H2,1H3,(H2,19,20,25)(H2,21,22,23,26)/t13-/m0/s1. The van der Waals surface area contributed by atoms with Gasteiger partial charge in [0.15, 0.2) is 0 Å². The van der Waals surface area contributed by atoms with Gasteiger partial charge in [0.2, 0.25) is 0 Å². The molecule has 8 heteroatoms. The normalized spacial score (nSPS) is 17.8. The molecule has 1 aromatic heterocycles. The van der Waals surface area contributed by atoms with E-state index in [1.54, 1.807) is 0 Å². The second kappa shape index (κ2) is 8.66. The Labute approximate surface area is 152 Å². The minimum atomic E-state index is -0.343. The number of hydrogen-bond acceptors (Lipinski definition) is 4. The number of rotatable bonds is 6. The van der Waals surface area contributed by atoms with Crippen molar-refractivity contribution in [3.05, 3.63) is 46.1 Å². The zero-order chi connectivity index (χ0) is 18.4. The van der Waals surface area contributed by atoms with E-state index in [-0.39, 0.29) is 11.7 Å². The van der Waals surface area contributed by atoms with Crippen molar-refractivity contribution in [3.63, 3.8) is 0 Å². The molecule has 1 saturated heterocycles. The number of aromatic amines is 2. The maximum Gasteiger partial charge on any atom is 0.340 e. The molecule has 140 valence electrons. The number of carbonyl (C=O) groups excluding carboxylic acids is 1. The number of benzene rings is 1. The average molecular weight is 358 g/mol. The second-order valence-corrected chi connectivity index (χ2v) is 6.77. The molecule has 2 aromatic rings. The van der Waals surface area contributed by atoms with Crippen molar-refractivity contribution < 1.29 is 4.79 Å². The summed E-state index contributed by atoms with van der Waals surface area (Å²) in [6.45, 7) is 4.71.